The van der Waals surface area contributed by atoms with Gasteiger partial charge in [0.05, 0.1) is 6.04 Å². The zero-order valence-electron chi connectivity index (χ0n) is 14.5. The zero-order chi connectivity index (χ0) is 16.3. The molecule has 0 spiro atoms. The van der Waals surface area contributed by atoms with E-state index in [1.807, 2.05) is 11.8 Å². The van der Waals surface area contributed by atoms with E-state index < -0.39 is 0 Å². The summed E-state index contributed by atoms with van der Waals surface area (Å²) in [5.74, 6) is 1.51. The Morgan fingerprint density at radius 1 is 1.09 bits per heavy atom. The van der Waals surface area contributed by atoms with Gasteiger partial charge in [0.2, 0.25) is 11.8 Å². The second-order valence-corrected chi connectivity index (χ2v) is 7.10. The Hall–Kier alpha value is -1.10. The van der Waals surface area contributed by atoms with Crippen LogP contribution in [0.15, 0.2) is 0 Å². The molecule has 0 bridgehead atoms. The molecule has 5 nitrogen and oxygen atoms in total. The molecule has 5 heteroatoms. The maximum absolute atomic E-state index is 12.5. The van der Waals surface area contributed by atoms with E-state index >= 15 is 0 Å². The Labute approximate surface area is 134 Å². The summed E-state index contributed by atoms with van der Waals surface area (Å²) in [5.41, 5.74) is 0. The van der Waals surface area contributed by atoms with Crippen LogP contribution in [-0.2, 0) is 9.59 Å². The van der Waals surface area contributed by atoms with Crippen molar-refractivity contribution >= 4 is 11.8 Å². The van der Waals surface area contributed by atoms with Gasteiger partial charge in [-0.05, 0) is 25.2 Å². The molecule has 1 N–H and O–H groups in total. The van der Waals surface area contributed by atoms with Crippen molar-refractivity contribution in [2.75, 3.05) is 26.2 Å². The first-order chi connectivity index (χ1) is 10.4. The monoisotopic (exact) mass is 309 g/mol. The van der Waals surface area contributed by atoms with Crippen LogP contribution < -0.4 is 5.32 Å². The van der Waals surface area contributed by atoms with E-state index in [-0.39, 0.29) is 17.9 Å². The van der Waals surface area contributed by atoms with Crippen LogP contribution in [-0.4, -0.2) is 59.9 Å². The summed E-state index contributed by atoms with van der Waals surface area (Å²) in [6.07, 6.45) is 3.58. The van der Waals surface area contributed by atoms with E-state index in [2.05, 4.69) is 24.1 Å². The smallest absolute Gasteiger partial charge is 0.237 e. The summed E-state index contributed by atoms with van der Waals surface area (Å²) in [7, 11) is 0. The highest BCUT2D eigenvalue weighted by molar-refractivity contribution is 5.81. The lowest BCUT2D eigenvalue weighted by Gasteiger charge is -2.39. The van der Waals surface area contributed by atoms with Crippen molar-refractivity contribution in [2.24, 2.45) is 11.8 Å². The maximum atomic E-state index is 12.5. The Morgan fingerprint density at radius 3 is 2.32 bits per heavy atom. The Morgan fingerprint density at radius 2 is 1.73 bits per heavy atom. The van der Waals surface area contributed by atoms with Crippen molar-refractivity contribution in [1.82, 2.24) is 15.1 Å². The van der Waals surface area contributed by atoms with Crippen molar-refractivity contribution in [3.8, 4) is 0 Å². The topological polar surface area (TPSA) is 52.7 Å². The third-order valence-corrected chi connectivity index (χ3v) is 5.72. The fourth-order valence-electron chi connectivity index (χ4n) is 3.68. The highest BCUT2D eigenvalue weighted by Crippen LogP contribution is 2.29. The number of carbonyl (C=O) groups excluding carboxylic acids is 2. The van der Waals surface area contributed by atoms with Gasteiger partial charge < -0.3 is 10.2 Å². The number of amides is 2. The van der Waals surface area contributed by atoms with Gasteiger partial charge in [0, 0.05) is 39.1 Å². The first-order valence-corrected chi connectivity index (χ1v) is 8.70. The van der Waals surface area contributed by atoms with Gasteiger partial charge in [-0.2, -0.15) is 0 Å². The Balaban J connectivity index is 1.83. The summed E-state index contributed by atoms with van der Waals surface area (Å²) < 4.78 is 0. The van der Waals surface area contributed by atoms with E-state index in [0.717, 1.165) is 32.6 Å². The standard InChI is InChI=1S/C17H31N3O2/c1-12-6-5-7-16(13(12)2)18-17(22)14(3)19-8-10-20(11-9-19)15(4)21/h12-14,16H,5-11H2,1-4H3,(H,18,22)/t12-,13-,14-,16+/m1/s1. The quantitative estimate of drug-likeness (QED) is 0.859. The fraction of sp³-hybridized carbons (Fsp3) is 0.882. The van der Waals surface area contributed by atoms with Gasteiger partial charge >= 0.3 is 0 Å². The van der Waals surface area contributed by atoms with Crippen LogP contribution in [0.3, 0.4) is 0 Å². The van der Waals surface area contributed by atoms with Gasteiger partial charge in [0.25, 0.3) is 0 Å². The molecule has 2 fully saturated rings. The van der Waals surface area contributed by atoms with E-state index in [9.17, 15) is 9.59 Å². The summed E-state index contributed by atoms with van der Waals surface area (Å²) >= 11 is 0. The third-order valence-electron chi connectivity index (χ3n) is 5.72. The van der Waals surface area contributed by atoms with Crippen LogP contribution >= 0.6 is 0 Å². The molecule has 2 amide bonds. The molecule has 1 saturated carbocycles. The van der Waals surface area contributed by atoms with Crippen LogP contribution in [0.2, 0.25) is 0 Å². The number of nitrogens with one attached hydrogen (secondary N) is 1. The summed E-state index contributed by atoms with van der Waals surface area (Å²) in [4.78, 5) is 28.0. The molecule has 22 heavy (non-hydrogen) atoms. The van der Waals surface area contributed by atoms with Gasteiger partial charge in [-0.1, -0.05) is 26.7 Å². The van der Waals surface area contributed by atoms with E-state index in [4.69, 9.17) is 0 Å². The van der Waals surface area contributed by atoms with Gasteiger partial charge in [-0.25, -0.2) is 0 Å². The molecular weight excluding hydrogens is 278 g/mol. The number of hydrogen-bond acceptors (Lipinski definition) is 3. The van der Waals surface area contributed by atoms with Gasteiger partial charge in [0.1, 0.15) is 0 Å². The molecule has 1 aliphatic carbocycles. The predicted molar refractivity (Wildman–Crippen MR) is 87.4 cm³/mol. The van der Waals surface area contributed by atoms with Crippen LogP contribution in [0.25, 0.3) is 0 Å². The van der Waals surface area contributed by atoms with Gasteiger partial charge in [0.15, 0.2) is 0 Å². The number of rotatable bonds is 3. The molecule has 126 valence electrons. The van der Waals surface area contributed by atoms with Crippen molar-refractivity contribution in [1.29, 1.82) is 0 Å². The first-order valence-electron chi connectivity index (χ1n) is 8.70. The van der Waals surface area contributed by atoms with E-state index in [1.54, 1.807) is 6.92 Å². The molecular formula is C17H31N3O2. The van der Waals surface area contributed by atoms with Crippen LogP contribution in [0, 0.1) is 11.8 Å². The summed E-state index contributed by atoms with van der Waals surface area (Å²) in [6.45, 7) is 11.1. The van der Waals surface area contributed by atoms with E-state index in [1.165, 1.54) is 12.8 Å². The lowest BCUT2D eigenvalue weighted by Crippen LogP contribution is -2.56. The van der Waals surface area contributed by atoms with Crippen LogP contribution in [0.5, 0.6) is 0 Å². The van der Waals surface area contributed by atoms with Crippen molar-refractivity contribution in [2.45, 2.75) is 59.0 Å². The molecule has 0 aromatic heterocycles. The normalized spacial score (nSPS) is 31.6. The highest BCUT2D eigenvalue weighted by Gasteiger charge is 2.31. The average molecular weight is 309 g/mol. The molecule has 0 aromatic carbocycles. The number of piperazine rings is 1. The maximum Gasteiger partial charge on any atom is 0.237 e. The summed E-state index contributed by atoms with van der Waals surface area (Å²) in [5, 5.41) is 3.27. The molecule has 2 aliphatic rings. The minimum Gasteiger partial charge on any atom is -0.352 e. The molecule has 4 atom stereocenters. The fourth-order valence-corrected chi connectivity index (χ4v) is 3.68. The minimum atomic E-state index is -0.112. The lowest BCUT2D eigenvalue weighted by molar-refractivity contribution is -0.132. The first kappa shape index (κ1) is 17.3. The molecule has 2 rings (SSSR count). The highest BCUT2D eigenvalue weighted by atomic mass is 16.2. The average Bonchev–Trinajstić information content (AvgIpc) is 2.51. The minimum absolute atomic E-state index is 0.112. The van der Waals surface area contributed by atoms with Gasteiger partial charge in [-0.3, -0.25) is 14.5 Å². The Kier molecular flexibility index (Phi) is 5.84. The Bertz CT molecular complexity index is 405. The van der Waals surface area contributed by atoms with Crippen LogP contribution in [0.4, 0.5) is 0 Å². The second kappa shape index (κ2) is 7.44. The largest absolute Gasteiger partial charge is 0.352 e. The molecule has 0 aromatic rings. The molecule has 0 unspecified atom stereocenters. The number of hydrogen-bond donors (Lipinski definition) is 1. The molecule has 1 heterocycles. The number of carbonyl (C=O) groups is 2. The SMILES string of the molecule is CC(=O)N1CCN([C@H](C)C(=O)N[C@H]2CCC[C@@H](C)[C@H]2C)CC1. The number of nitrogens with zero attached hydrogens (tertiary/aromatic N) is 2. The second-order valence-electron chi connectivity index (χ2n) is 7.10. The molecule has 0 radical (unpaired) electrons. The predicted octanol–water partition coefficient (Wildman–Crippen LogP) is 1.48. The van der Waals surface area contributed by atoms with E-state index in [0.29, 0.717) is 17.9 Å². The molecule has 1 saturated heterocycles. The lowest BCUT2D eigenvalue weighted by atomic mass is 9.78. The van der Waals surface area contributed by atoms with Crippen molar-refractivity contribution in [3.05, 3.63) is 0 Å². The summed E-state index contributed by atoms with van der Waals surface area (Å²) in [6, 6.07) is 0.204. The third kappa shape index (κ3) is 4.00. The van der Waals surface area contributed by atoms with Gasteiger partial charge in [-0.15, -0.1) is 0 Å². The molecule has 1 aliphatic heterocycles. The van der Waals surface area contributed by atoms with Crippen LogP contribution in [0.1, 0.15) is 47.0 Å². The van der Waals surface area contributed by atoms with Crippen molar-refractivity contribution in [3.63, 3.8) is 0 Å². The van der Waals surface area contributed by atoms with Crippen molar-refractivity contribution < 1.29 is 9.59 Å². The zero-order valence-corrected chi connectivity index (χ0v) is 14.5.